The third-order valence-electron chi connectivity index (χ3n) is 3.47. The normalized spacial score (nSPS) is 21.5. The summed E-state index contributed by atoms with van der Waals surface area (Å²) < 4.78 is 44.7. The lowest BCUT2D eigenvalue weighted by Gasteiger charge is -2.32. The van der Waals surface area contributed by atoms with Crippen LogP contribution < -0.4 is 4.74 Å². The van der Waals surface area contributed by atoms with E-state index >= 15 is 0 Å². The van der Waals surface area contributed by atoms with Crippen LogP contribution in [0.5, 0.6) is 5.75 Å². The highest BCUT2D eigenvalue weighted by Crippen LogP contribution is 2.41. The number of carbonyl (C=O) groups excluding carboxylic acids is 1. The quantitative estimate of drug-likeness (QED) is 0.923. The van der Waals surface area contributed by atoms with E-state index in [9.17, 15) is 23.1 Å². The Labute approximate surface area is 131 Å². The van der Waals surface area contributed by atoms with Gasteiger partial charge in [-0.05, 0) is 18.1 Å². The maximum absolute atomic E-state index is 13.2. The molecule has 0 radical (unpaired) electrons. The predicted octanol–water partition coefficient (Wildman–Crippen LogP) is 2.56. The molecule has 1 heterocycles. The van der Waals surface area contributed by atoms with Gasteiger partial charge in [-0.1, -0.05) is 32.0 Å². The van der Waals surface area contributed by atoms with Gasteiger partial charge in [-0.15, -0.1) is 0 Å². The van der Waals surface area contributed by atoms with E-state index < -0.39 is 30.8 Å². The lowest BCUT2D eigenvalue weighted by Crippen LogP contribution is -2.57. The maximum Gasteiger partial charge on any atom is 0.438 e. The highest BCUT2D eigenvalue weighted by Gasteiger charge is 2.63. The third kappa shape index (κ3) is 3.47. The fraction of sp³-hybridized carbons (Fsp3) is 0.467. The number of rotatable bonds is 4. The molecule has 0 aliphatic carbocycles. The fourth-order valence-corrected chi connectivity index (χ4v) is 2.10. The van der Waals surface area contributed by atoms with Gasteiger partial charge >= 0.3 is 6.18 Å². The number of halogens is 3. The van der Waals surface area contributed by atoms with Crippen LogP contribution in [0.3, 0.4) is 0 Å². The first-order chi connectivity index (χ1) is 10.6. The lowest BCUT2D eigenvalue weighted by molar-refractivity contribution is -0.302. The minimum Gasteiger partial charge on any atom is -0.484 e. The first kappa shape index (κ1) is 17.3. The molecule has 126 valence electrons. The van der Waals surface area contributed by atoms with E-state index in [-0.39, 0.29) is 16.6 Å². The number of para-hydroxylation sites is 1. The first-order valence-corrected chi connectivity index (χ1v) is 7.02. The van der Waals surface area contributed by atoms with Gasteiger partial charge < -0.3 is 9.84 Å². The molecule has 0 spiro atoms. The van der Waals surface area contributed by atoms with Gasteiger partial charge in [-0.25, -0.2) is 0 Å². The number of hydrogen-bond acceptors (Lipinski definition) is 4. The van der Waals surface area contributed by atoms with Crippen molar-refractivity contribution in [1.82, 2.24) is 5.01 Å². The Kier molecular flexibility index (Phi) is 4.65. The summed E-state index contributed by atoms with van der Waals surface area (Å²) >= 11 is 0. The number of alkyl halides is 3. The molecule has 1 N–H and O–H groups in total. The molecule has 1 aliphatic heterocycles. The Bertz CT molecular complexity index is 602. The molecule has 2 rings (SSSR count). The van der Waals surface area contributed by atoms with Gasteiger partial charge in [-0.3, -0.25) is 4.79 Å². The van der Waals surface area contributed by atoms with Crippen LogP contribution in [-0.2, 0) is 4.79 Å². The van der Waals surface area contributed by atoms with Gasteiger partial charge in [-0.2, -0.15) is 23.3 Å². The molecule has 0 saturated heterocycles. The number of carbonyl (C=O) groups is 1. The molecule has 5 nitrogen and oxygen atoms in total. The summed E-state index contributed by atoms with van der Waals surface area (Å²) in [7, 11) is 0. The van der Waals surface area contributed by atoms with Gasteiger partial charge in [0.15, 0.2) is 6.61 Å². The molecule has 1 aromatic carbocycles. The second-order valence-corrected chi connectivity index (χ2v) is 5.54. The molecule has 8 heteroatoms. The molecule has 0 bridgehead atoms. The van der Waals surface area contributed by atoms with Gasteiger partial charge in [0.2, 0.25) is 0 Å². The van der Waals surface area contributed by atoms with E-state index in [2.05, 4.69) is 5.10 Å². The molecule has 1 amide bonds. The topological polar surface area (TPSA) is 62.1 Å². The van der Waals surface area contributed by atoms with Crippen LogP contribution >= 0.6 is 0 Å². The molecule has 0 aromatic heterocycles. The minimum atomic E-state index is -5.02. The Hall–Kier alpha value is -2.09. The zero-order chi connectivity index (χ0) is 17.3. The molecule has 1 aliphatic rings. The average molecular weight is 330 g/mol. The number of nitrogens with zero attached hydrogens (tertiary/aromatic N) is 2. The molecular weight excluding hydrogens is 313 g/mol. The summed E-state index contributed by atoms with van der Waals surface area (Å²) in [6.07, 6.45) is -5.78. The Morgan fingerprint density at radius 2 is 2.00 bits per heavy atom. The minimum absolute atomic E-state index is 0.0886. The van der Waals surface area contributed by atoms with Crippen molar-refractivity contribution in [3.63, 3.8) is 0 Å². The summed E-state index contributed by atoms with van der Waals surface area (Å²) in [6.45, 7) is 2.63. The van der Waals surface area contributed by atoms with E-state index in [1.165, 1.54) is 0 Å². The van der Waals surface area contributed by atoms with E-state index in [0.717, 1.165) is 0 Å². The summed E-state index contributed by atoms with van der Waals surface area (Å²) in [5, 5.41) is 13.7. The smallest absolute Gasteiger partial charge is 0.438 e. The molecule has 0 saturated carbocycles. The van der Waals surface area contributed by atoms with Crippen molar-refractivity contribution in [2.45, 2.75) is 32.2 Å². The number of aliphatic hydroxyl groups is 1. The van der Waals surface area contributed by atoms with E-state index in [1.807, 2.05) is 0 Å². The van der Waals surface area contributed by atoms with Crippen molar-refractivity contribution >= 4 is 11.6 Å². The largest absolute Gasteiger partial charge is 0.484 e. The van der Waals surface area contributed by atoms with Crippen molar-refractivity contribution in [2.24, 2.45) is 11.0 Å². The Balaban J connectivity index is 2.17. The van der Waals surface area contributed by atoms with Crippen molar-refractivity contribution in [2.75, 3.05) is 6.61 Å². The first-order valence-electron chi connectivity index (χ1n) is 7.02. The number of amides is 1. The summed E-state index contributed by atoms with van der Waals surface area (Å²) in [5.74, 6) is -1.05. The predicted molar refractivity (Wildman–Crippen MR) is 76.7 cm³/mol. The summed E-state index contributed by atoms with van der Waals surface area (Å²) in [4.78, 5) is 12.1. The van der Waals surface area contributed by atoms with Crippen LogP contribution in [-0.4, -0.2) is 40.2 Å². The maximum atomic E-state index is 13.2. The Morgan fingerprint density at radius 3 is 2.52 bits per heavy atom. The molecule has 23 heavy (non-hydrogen) atoms. The summed E-state index contributed by atoms with van der Waals surface area (Å²) in [5.41, 5.74) is -3.22. The number of benzene rings is 1. The second kappa shape index (κ2) is 6.19. The molecule has 0 fully saturated rings. The zero-order valence-electron chi connectivity index (χ0n) is 12.7. The zero-order valence-corrected chi connectivity index (χ0v) is 12.7. The van der Waals surface area contributed by atoms with Gasteiger partial charge in [0, 0.05) is 12.1 Å². The average Bonchev–Trinajstić information content (AvgIpc) is 2.85. The van der Waals surface area contributed by atoms with Crippen LogP contribution in [0.15, 0.2) is 35.4 Å². The fourth-order valence-electron chi connectivity index (χ4n) is 2.10. The summed E-state index contributed by atoms with van der Waals surface area (Å²) in [6, 6.07) is 8.19. The van der Waals surface area contributed by atoms with Gasteiger partial charge in [0.05, 0.1) is 0 Å². The highest BCUT2D eigenvalue weighted by atomic mass is 19.4. The van der Waals surface area contributed by atoms with E-state index in [0.29, 0.717) is 5.75 Å². The number of hydrogen-bond donors (Lipinski definition) is 1. The lowest BCUT2D eigenvalue weighted by atomic mass is 9.99. The van der Waals surface area contributed by atoms with Crippen LogP contribution in [0.1, 0.15) is 20.3 Å². The highest BCUT2D eigenvalue weighted by molar-refractivity contribution is 5.92. The van der Waals surface area contributed by atoms with Crippen LogP contribution in [0, 0.1) is 5.92 Å². The van der Waals surface area contributed by atoms with Crippen LogP contribution in [0.2, 0.25) is 0 Å². The Morgan fingerprint density at radius 1 is 1.39 bits per heavy atom. The van der Waals surface area contributed by atoms with Crippen LogP contribution in [0.4, 0.5) is 13.2 Å². The molecule has 1 atom stereocenters. The van der Waals surface area contributed by atoms with E-state index in [1.54, 1.807) is 44.2 Å². The van der Waals surface area contributed by atoms with Crippen LogP contribution in [0.25, 0.3) is 0 Å². The van der Waals surface area contributed by atoms with E-state index in [4.69, 9.17) is 4.74 Å². The van der Waals surface area contributed by atoms with Gasteiger partial charge in [0.1, 0.15) is 5.75 Å². The molecule has 0 unspecified atom stereocenters. The number of hydrazone groups is 1. The van der Waals surface area contributed by atoms with Gasteiger partial charge in [0.25, 0.3) is 11.6 Å². The third-order valence-corrected chi connectivity index (χ3v) is 3.47. The molecule has 1 aromatic rings. The SMILES string of the molecule is CC(C)C1=NN(C(=O)COc2ccccc2)[C@@](O)(C(F)(F)F)C1. The monoisotopic (exact) mass is 330 g/mol. The van der Waals surface area contributed by atoms with Crippen molar-refractivity contribution < 1.29 is 27.8 Å². The standard InChI is InChI=1S/C15H17F3N2O3/c1-10(2)12-8-14(22,15(16,17)18)20(19-12)13(21)9-23-11-6-4-3-5-7-11/h3-7,10,22H,8-9H2,1-2H3/t14-/m0/s1. The van der Waals surface area contributed by atoms with Crippen molar-refractivity contribution in [3.8, 4) is 5.75 Å². The number of ether oxygens (including phenoxy) is 1. The van der Waals surface area contributed by atoms with Crippen molar-refractivity contribution in [3.05, 3.63) is 30.3 Å². The molecular formula is C15H17F3N2O3. The van der Waals surface area contributed by atoms with Crippen molar-refractivity contribution in [1.29, 1.82) is 0 Å². The second-order valence-electron chi connectivity index (χ2n) is 5.54.